The Morgan fingerprint density at radius 3 is 3.00 bits per heavy atom. The molecule has 1 rings (SSSR count). The van der Waals surface area contributed by atoms with E-state index < -0.39 is 0 Å². The van der Waals surface area contributed by atoms with Crippen LogP contribution in [0.4, 0.5) is 0 Å². The summed E-state index contributed by atoms with van der Waals surface area (Å²) in [6.45, 7) is 6.45. The third-order valence-corrected chi connectivity index (χ3v) is 2.42. The summed E-state index contributed by atoms with van der Waals surface area (Å²) in [5, 5.41) is 0. The third-order valence-electron chi connectivity index (χ3n) is 2.42. The molecule has 0 N–H and O–H groups in total. The summed E-state index contributed by atoms with van der Waals surface area (Å²) in [5.74, 6) is 1.47. The van der Waals surface area contributed by atoms with Crippen LogP contribution in [0.5, 0.6) is 0 Å². The second-order valence-electron chi connectivity index (χ2n) is 3.38. The van der Waals surface area contributed by atoms with E-state index >= 15 is 0 Å². The van der Waals surface area contributed by atoms with Gasteiger partial charge in [-0.05, 0) is 44.4 Å². The fraction of sp³-hybridized carbons (Fsp3) is 0.700. The number of hydrogen-bond donors (Lipinski definition) is 0. The van der Waals surface area contributed by atoms with Gasteiger partial charge in [0.25, 0.3) is 0 Å². The van der Waals surface area contributed by atoms with E-state index in [0.29, 0.717) is 5.92 Å². The lowest BCUT2D eigenvalue weighted by Gasteiger charge is -2.19. The normalized spacial score (nSPS) is 35.0. The summed E-state index contributed by atoms with van der Waals surface area (Å²) >= 11 is 0. The summed E-state index contributed by atoms with van der Waals surface area (Å²) in [6, 6.07) is 0. The van der Waals surface area contributed by atoms with Crippen molar-refractivity contribution in [3.63, 3.8) is 0 Å². The maximum absolute atomic E-state index is 4.15. The van der Waals surface area contributed by atoms with Crippen molar-refractivity contribution in [2.24, 2.45) is 11.8 Å². The highest BCUT2D eigenvalue weighted by Gasteiger charge is 2.11. The van der Waals surface area contributed by atoms with Crippen LogP contribution in [0.2, 0.25) is 0 Å². The van der Waals surface area contributed by atoms with Crippen molar-refractivity contribution in [3.8, 4) is 0 Å². The van der Waals surface area contributed by atoms with Crippen LogP contribution < -0.4 is 0 Å². The van der Waals surface area contributed by atoms with E-state index in [9.17, 15) is 0 Å². The second kappa shape index (κ2) is 3.80. The molecule has 0 aromatic heterocycles. The predicted octanol–water partition coefficient (Wildman–Crippen LogP) is 3.20. The molecule has 1 aliphatic carbocycles. The first kappa shape index (κ1) is 7.84. The van der Waals surface area contributed by atoms with Gasteiger partial charge in [0.05, 0.1) is 0 Å². The van der Waals surface area contributed by atoms with Crippen molar-refractivity contribution in [1.82, 2.24) is 0 Å². The molecule has 0 aromatic carbocycles. The molecule has 0 bridgehead atoms. The van der Waals surface area contributed by atoms with Crippen LogP contribution in [0.25, 0.3) is 0 Å². The quantitative estimate of drug-likeness (QED) is 0.450. The smallest absolute Gasteiger partial charge is 0.0322 e. The van der Waals surface area contributed by atoms with E-state index in [1.54, 1.807) is 0 Å². The lowest BCUT2D eigenvalue weighted by molar-refractivity contribution is 0.390. The molecule has 0 saturated heterocycles. The highest BCUT2D eigenvalue weighted by atomic mass is 14.2. The van der Waals surface area contributed by atoms with Crippen LogP contribution >= 0.6 is 0 Å². The molecule has 0 saturated carbocycles. The molecule has 0 amide bonds. The van der Waals surface area contributed by atoms with Crippen molar-refractivity contribution in [2.75, 3.05) is 0 Å². The van der Waals surface area contributed by atoms with Crippen molar-refractivity contribution in [3.05, 3.63) is 19.1 Å². The molecule has 57 valence electrons. The van der Waals surface area contributed by atoms with E-state index in [1.807, 2.05) is 0 Å². The number of rotatable bonds is 0. The molecule has 0 nitrogen and oxygen atoms in total. The van der Waals surface area contributed by atoms with Crippen LogP contribution in [0.3, 0.4) is 0 Å². The van der Waals surface area contributed by atoms with Crippen molar-refractivity contribution in [2.45, 2.75) is 32.6 Å². The molecule has 0 fully saturated rings. The van der Waals surface area contributed by atoms with E-state index in [4.69, 9.17) is 0 Å². The zero-order valence-electron chi connectivity index (χ0n) is 6.84. The molecule has 10 heavy (non-hydrogen) atoms. The summed E-state index contributed by atoms with van der Waals surface area (Å²) in [5.41, 5.74) is 0. The fourth-order valence-corrected chi connectivity index (χ4v) is 1.40. The molecular formula is C10H17. The van der Waals surface area contributed by atoms with Gasteiger partial charge < -0.3 is 0 Å². The van der Waals surface area contributed by atoms with Gasteiger partial charge in [-0.3, -0.25) is 0 Å². The number of allylic oxidation sites excluding steroid dienone is 2. The summed E-state index contributed by atoms with van der Waals surface area (Å²) in [6.07, 6.45) is 9.75. The Labute approximate surface area is 64.3 Å². The Bertz CT molecular complexity index is 113. The molecular weight excluding hydrogens is 120 g/mol. The second-order valence-corrected chi connectivity index (χ2v) is 3.38. The van der Waals surface area contributed by atoms with E-state index in [0.717, 1.165) is 5.92 Å². The molecule has 0 aliphatic heterocycles. The topological polar surface area (TPSA) is 0 Å². The largest absolute Gasteiger partial charge is 0.0885 e. The minimum atomic E-state index is 0.685. The predicted molar refractivity (Wildman–Crippen MR) is 45.6 cm³/mol. The van der Waals surface area contributed by atoms with Crippen molar-refractivity contribution < 1.29 is 0 Å². The Kier molecular flexibility index (Phi) is 2.98. The zero-order valence-corrected chi connectivity index (χ0v) is 6.84. The average Bonchev–Trinajstić information content (AvgIpc) is 1.92. The van der Waals surface area contributed by atoms with E-state index in [2.05, 4.69) is 26.0 Å². The van der Waals surface area contributed by atoms with Crippen LogP contribution in [0, 0.1) is 18.8 Å². The van der Waals surface area contributed by atoms with Crippen molar-refractivity contribution >= 4 is 0 Å². The Morgan fingerprint density at radius 2 is 2.20 bits per heavy atom. The van der Waals surface area contributed by atoms with Gasteiger partial charge in [-0.25, -0.2) is 0 Å². The lowest BCUT2D eigenvalue weighted by Crippen LogP contribution is -2.08. The minimum absolute atomic E-state index is 0.685. The summed E-state index contributed by atoms with van der Waals surface area (Å²) in [4.78, 5) is 0. The maximum Gasteiger partial charge on any atom is -0.0322 e. The van der Waals surface area contributed by atoms with Gasteiger partial charge in [0.1, 0.15) is 0 Å². The van der Waals surface area contributed by atoms with Gasteiger partial charge in [0, 0.05) is 0 Å². The Morgan fingerprint density at radius 1 is 1.40 bits per heavy atom. The van der Waals surface area contributed by atoms with Crippen LogP contribution in [0.15, 0.2) is 12.2 Å². The maximum atomic E-state index is 4.15. The van der Waals surface area contributed by atoms with Gasteiger partial charge in [-0.15, -0.1) is 0 Å². The standard InChI is InChI=1S/C10H17/c1-9-7-5-3-4-6-8-10(9)2/h4,6,9-10H,1,3,5,7-8H2,2H3. The molecule has 1 aliphatic rings. The van der Waals surface area contributed by atoms with Gasteiger partial charge in [0.15, 0.2) is 0 Å². The van der Waals surface area contributed by atoms with E-state index in [-0.39, 0.29) is 0 Å². The first-order chi connectivity index (χ1) is 4.80. The Balaban J connectivity index is 2.41. The monoisotopic (exact) mass is 137 g/mol. The van der Waals surface area contributed by atoms with Gasteiger partial charge in [-0.2, -0.15) is 0 Å². The van der Waals surface area contributed by atoms with Gasteiger partial charge >= 0.3 is 0 Å². The molecule has 0 spiro atoms. The van der Waals surface area contributed by atoms with E-state index in [1.165, 1.54) is 25.7 Å². The first-order valence-electron chi connectivity index (χ1n) is 4.29. The first-order valence-corrected chi connectivity index (χ1v) is 4.29. The van der Waals surface area contributed by atoms with Crippen molar-refractivity contribution in [1.29, 1.82) is 0 Å². The summed E-state index contributed by atoms with van der Waals surface area (Å²) < 4.78 is 0. The highest BCUT2D eigenvalue weighted by molar-refractivity contribution is 4.88. The van der Waals surface area contributed by atoms with Crippen LogP contribution in [-0.4, -0.2) is 0 Å². The minimum Gasteiger partial charge on any atom is -0.0885 e. The van der Waals surface area contributed by atoms with Crippen LogP contribution in [0.1, 0.15) is 32.6 Å². The Hall–Kier alpha value is -0.260. The van der Waals surface area contributed by atoms with Crippen LogP contribution in [-0.2, 0) is 0 Å². The third kappa shape index (κ3) is 2.17. The molecule has 2 unspecified atom stereocenters. The fourth-order valence-electron chi connectivity index (χ4n) is 1.40. The average molecular weight is 137 g/mol. The molecule has 0 aromatic rings. The number of hydrogen-bond acceptors (Lipinski definition) is 0. The summed E-state index contributed by atoms with van der Waals surface area (Å²) in [7, 11) is 0. The lowest BCUT2D eigenvalue weighted by atomic mass is 9.87. The molecule has 1 radical (unpaired) electrons. The molecule has 0 heteroatoms. The van der Waals surface area contributed by atoms with Gasteiger partial charge in [-0.1, -0.05) is 19.1 Å². The van der Waals surface area contributed by atoms with Gasteiger partial charge in [0.2, 0.25) is 0 Å². The molecule has 0 heterocycles. The zero-order chi connectivity index (χ0) is 7.40. The molecule has 2 atom stereocenters. The highest BCUT2D eigenvalue weighted by Crippen LogP contribution is 2.23. The SMILES string of the molecule is [CH2]C1CCCC=CCC1C.